The molecule has 0 spiro atoms. The van der Waals surface area contributed by atoms with Gasteiger partial charge in [0.1, 0.15) is 0 Å². The maximum absolute atomic E-state index is 12.5. The van der Waals surface area contributed by atoms with Crippen molar-refractivity contribution in [3.05, 3.63) is 35.9 Å². The number of hydrogen-bond donors (Lipinski definition) is 1. The standard InChI is InChI=1S/C18H27N3O/c1-14(2)13-20-10-8-17-16(20)9-11-21(17)18(22)19-12-15-6-4-3-5-7-15/h3-7,14,16-17H,8-13H2,1-2H3,(H,19,22)/t16-,17+/m0/s1. The Balaban J connectivity index is 1.54. The topological polar surface area (TPSA) is 35.6 Å². The van der Waals surface area contributed by atoms with Crippen LogP contribution in [0.4, 0.5) is 4.79 Å². The summed E-state index contributed by atoms with van der Waals surface area (Å²) in [6, 6.07) is 11.2. The Morgan fingerprint density at radius 3 is 2.64 bits per heavy atom. The van der Waals surface area contributed by atoms with E-state index in [4.69, 9.17) is 0 Å². The van der Waals surface area contributed by atoms with E-state index < -0.39 is 0 Å². The molecule has 3 rings (SSSR count). The molecule has 22 heavy (non-hydrogen) atoms. The van der Waals surface area contributed by atoms with E-state index in [1.54, 1.807) is 0 Å². The molecule has 2 atom stereocenters. The van der Waals surface area contributed by atoms with E-state index in [-0.39, 0.29) is 6.03 Å². The predicted octanol–water partition coefficient (Wildman–Crippen LogP) is 2.70. The molecule has 0 radical (unpaired) electrons. The van der Waals surface area contributed by atoms with Crippen molar-refractivity contribution in [2.24, 2.45) is 5.92 Å². The van der Waals surface area contributed by atoms with Gasteiger partial charge in [-0.15, -0.1) is 0 Å². The van der Waals surface area contributed by atoms with Crippen LogP contribution < -0.4 is 5.32 Å². The number of nitrogens with one attached hydrogen (secondary N) is 1. The minimum absolute atomic E-state index is 0.0998. The van der Waals surface area contributed by atoms with Gasteiger partial charge in [0.05, 0.1) is 6.04 Å². The molecule has 2 aliphatic heterocycles. The lowest BCUT2D eigenvalue weighted by molar-refractivity contribution is 0.185. The molecular formula is C18H27N3O. The van der Waals surface area contributed by atoms with Crippen LogP contribution in [-0.2, 0) is 6.54 Å². The molecule has 4 nitrogen and oxygen atoms in total. The van der Waals surface area contributed by atoms with Crippen molar-refractivity contribution < 1.29 is 4.79 Å². The number of benzene rings is 1. The number of fused-ring (bicyclic) bond motifs is 1. The second-order valence-corrected chi connectivity index (χ2v) is 6.94. The van der Waals surface area contributed by atoms with Crippen molar-refractivity contribution in [3.63, 3.8) is 0 Å². The molecule has 1 N–H and O–H groups in total. The van der Waals surface area contributed by atoms with E-state index in [0.29, 0.717) is 24.5 Å². The quantitative estimate of drug-likeness (QED) is 0.928. The number of nitrogens with zero attached hydrogens (tertiary/aromatic N) is 2. The summed E-state index contributed by atoms with van der Waals surface area (Å²) in [7, 11) is 0. The van der Waals surface area contributed by atoms with Gasteiger partial charge in [-0.25, -0.2) is 4.79 Å². The Morgan fingerprint density at radius 1 is 1.18 bits per heavy atom. The molecule has 0 saturated carbocycles. The van der Waals surface area contributed by atoms with Crippen LogP contribution in [0.25, 0.3) is 0 Å². The first kappa shape index (κ1) is 15.3. The molecule has 2 heterocycles. The number of carbonyl (C=O) groups is 1. The first-order valence-electron chi connectivity index (χ1n) is 8.47. The molecule has 0 bridgehead atoms. The zero-order valence-electron chi connectivity index (χ0n) is 13.7. The summed E-state index contributed by atoms with van der Waals surface area (Å²) in [6.45, 7) is 8.34. The summed E-state index contributed by atoms with van der Waals surface area (Å²) >= 11 is 0. The average Bonchev–Trinajstić information content (AvgIpc) is 3.08. The van der Waals surface area contributed by atoms with Crippen LogP contribution in [0.5, 0.6) is 0 Å². The van der Waals surface area contributed by atoms with E-state index in [9.17, 15) is 4.79 Å². The number of hydrogen-bond acceptors (Lipinski definition) is 2. The Bertz CT molecular complexity index is 502. The molecule has 2 amide bonds. The van der Waals surface area contributed by atoms with Crippen molar-refractivity contribution in [2.75, 3.05) is 19.6 Å². The molecule has 0 aromatic heterocycles. The van der Waals surface area contributed by atoms with Crippen LogP contribution in [0.3, 0.4) is 0 Å². The highest BCUT2D eigenvalue weighted by molar-refractivity contribution is 5.75. The van der Waals surface area contributed by atoms with Crippen LogP contribution >= 0.6 is 0 Å². The van der Waals surface area contributed by atoms with Crippen LogP contribution in [0.15, 0.2) is 30.3 Å². The van der Waals surface area contributed by atoms with Gasteiger partial charge in [0, 0.05) is 32.2 Å². The largest absolute Gasteiger partial charge is 0.334 e. The molecule has 1 aromatic rings. The Morgan fingerprint density at radius 2 is 1.91 bits per heavy atom. The Kier molecular flexibility index (Phi) is 4.67. The van der Waals surface area contributed by atoms with E-state index >= 15 is 0 Å². The Hall–Kier alpha value is -1.55. The number of urea groups is 1. The van der Waals surface area contributed by atoms with Crippen LogP contribution in [0.1, 0.15) is 32.3 Å². The van der Waals surface area contributed by atoms with Gasteiger partial charge in [-0.3, -0.25) is 4.90 Å². The van der Waals surface area contributed by atoms with Crippen LogP contribution in [-0.4, -0.2) is 47.5 Å². The second kappa shape index (κ2) is 6.69. The fourth-order valence-corrected chi connectivity index (χ4v) is 3.90. The molecule has 2 fully saturated rings. The zero-order chi connectivity index (χ0) is 15.5. The average molecular weight is 301 g/mol. The fraction of sp³-hybridized carbons (Fsp3) is 0.611. The number of carbonyl (C=O) groups excluding carboxylic acids is 1. The Labute approximate surface area is 133 Å². The summed E-state index contributed by atoms with van der Waals surface area (Å²) in [5.74, 6) is 0.694. The molecule has 120 valence electrons. The first-order chi connectivity index (χ1) is 10.6. The maximum atomic E-state index is 12.5. The van der Waals surface area contributed by atoms with Gasteiger partial charge in [-0.05, 0) is 24.3 Å². The summed E-state index contributed by atoms with van der Waals surface area (Å²) in [4.78, 5) is 17.1. The molecule has 4 heteroatoms. The molecule has 1 aromatic carbocycles. The van der Waals surface area contributed by atoms with E-state index in [2.05, 4.69) is 29.0 Å². The van der Waals surface area contributed by atoms with Crippen molar-refractivity contribution >= 4 is 6.03 Å². The third-order valence-electron chi connectivity index (χ3n) is 4.84. The SMILES string of the molecule is CC(C)CN1CC[C@@H]2[C@@H]1CCN2C(=O)NCc1ccccc1. The second-order valence-electron chi connectivity index (χ2n) is 6.94. The summed E-state index contributed by atoms with van der Waals surface area (Å²) in [5, 5.41) is 3.08. The highest BCUT2D eigenvalue weighted by Crippen LogP contribution is 2.32. The van der Waals surface area contributed by atoms with Crippen LogP contribution in [0.2, 0.25) is 0 Å². The molecule has 0 unspecified atom stereocenters. The molecule has 2 aliphatic rings. The van der Waals surface area contributed by atoms with Crippen molar-refractivity contribution in [2.45, 2.75) is 45.3 Å². The van der Waals surface area contributed by atoms with E-state index in [1.807, 2.05) is 30.3 Å². The van der Waals surface area contributed by atoms with Crippen molar-refractivity contribution in [1.82, 2.24) is 15.1 Å². The van der Waals surface area contributed by atoms with E-state index in [0.717, 1.165) is 38.0 Å². The molecular weight excluding hydrogens is 274 g/mol. The highest BCUT2D eigenvalue weighted by Gasteiger charge is 2.44. The van der Waals surface area contributed by atoms with Gasteiger partial charge in [-0.2, -0.15) is 0 Å². The smallest absolute Gasteiger partial charge is 0.317 e. The zero-order valence-corrected chi connectivity index (χ0v) is 13.7. The third kappa shape index (κ3) is 3.27. The normalized spacial score (nSPS) is 24.8. The monoisotopic (exact) mass is 301 g/mol. The lowest BCUT2D eigenvalue weighted by atomic mass is 10.1. The minimum Gasteiger partial charge on any atom is -0.334 e. The third-order valence-corrected chi connectivity index (χ3v) is 4.84. The van der Waals surface area contributed by atoms with E-state index in [1.165, 1.54) is 0 Å². The van der Waals surface area contributed by atoms with Crippen molar-refractivity contribution in [3.8, 4) is 0 Å². The maximum Gasteiger partial charge on any atom is 0.317 e. The minimum atomic E-state index is 0.0998. The van der Waals surface area contributed by atoms with Gasteiger partial charge in [-0.1, -0.05) is 44.2 Å². The lowest BCUT2D eigenvalue weighted by Crippen LogP contribution is -2.44. The summed E-state index contributed by atoms with van der Waals surface area (Å²) in [5.41, 5.74) is 1.15. The highest BCUT2D eigenvalue weighted by atomic mass is 16.2. The molecule has 0 aliphatic carbocycles. The van der Waals surface area contributed by atoms with Crippen molar-refractivity contribution in [1.29, 1.82) is 0 Å². The summed E-state index contributed by atoms with van der Waals surface area (Å²) < 4.78 is 0. The van der Waals surface area contributed by atoms with Gasteiger partial charge in [0.25, 0.3) is 0 Å². The first-order valence-corrected chi connectivity index (χ1v) is 8.47. The van der Waals surface area contributed by atoms with Gasteiger partial charge < -0.3 is 10.2 Å². The van der Waals surface area contributed by atoms with Gasteiger partial charge in [0.2, 0.25) is 0 Å². The summed E-state index contributed by atoms with van der Waals surface area (Å²) in [6.07, 6.45) is 2.24. The number of amides is 2. The predicted molar refractivity (Wildman–Crippen MR) is 88.6 cm³/mol. The van der Waals surface area contributed by atoms with Gasteiger partial charge in [0.15, 0.2) is 0 Å². The van der Waals surface area contributed by atoms with Crippen LogP contribution in [0, 0.1) is 5.92 Å². The van der Waals surface area contributed by atoms with Gasteiger partial charge >= 0.3 is 6.03 Å². The lowest BCUT2D eigenvalue weighted by Gasteiger charge is -2.26. The fourth-order valence-electron chi connectivity index (χ4n) is 3.90. The number of likely N-dealkylation sites (tertiary alicyclic amines) is 2. The number of rotatable bonds is 4. The molecule has 2 saturated heterocycles.